The van der Waals surface area contributed by atoms with Gasteiger partial charge in [-0.05, 0) is 6.92 Å². The average Bonchev–Trinajstić information content (AvgIpc) is 2.14. The van der Waals surface area contributed by atoms with E-state index in [0.29, 0.717) is 6.61 Å². The summed E-state index contributed by atoms with van der Waals surface area (Å²) in [4.78, 5) is 3.87. The zero-order valence-corrected chi connectivity index (χ0v) is 4.22. The molecular weight excluding hydrogens is 90.1 g/mol. The summed E-state index contributed by atoms with van der Waals surface area (Å²) in [6.45, 7) is 2.60. The molecule has 0 amide bonds. The number of hydrogen-bond donors (Lipinski definition) is 0. The highest BCUT2D eigenvalue weighted by molar-refractivity contribution is 5.52. The van der Waals surface area contributed by atoms with E-state index in [1.54, 1.807) is 0 Å². The molecule has 7 heavy (non-hydrogen) atoms. The van der Waals surface area contributed by atoms with Crippen LogP contribution in [-0.2, 0) is 4.74 Å². The lowest BCUT2D eigenvalue weighted by atomic mass is 10.5. The fourth-order valence-corrected chi connectivity index (χ4v) is 0.423. The standard InChI is InChI=1S/C5H7NO/c1-2-5-3-7-4-6-5/h2,4H,3H2,1H3. The van der Waals surface area contributed by atoms with Crippen LogP contribution in [0.1, 0.15) is 6.92 Å². The van der Waals surface area contributed by atoms with Gasteiger partial charge in [-0.3, -0.25) is 0 Å². The van der Waals surface area contributed by atoms with Crippen LogP contribution in [0.3, 0.4) is 0 Å². The summed E-state index contributed by atoms with van der Waals surface area (Å²) in [5.41, 5.74) is 1.01. The van der Waals surface area contributed by atoms with Crippen LogP contribution in [-0.4, -0.2) is 13.0 Å². The summed E-state index contributed by atoms with van der Waals surface area (Å²) in [7, 11) is 0. The maximum atomic E-state index is 4.79. The second-order valence-corrected chi connectivity index (χ2v) is 1.33. The molecule has 0 aromatic carbocycles. The molecule has 0 saturated carbocycles. The van der Waals surface area contributed by atoms with E-state index in [9.17, 15) is 0 Å². The van der Waals surface area contributed by atoms with Crippen molar-refractivity contribution in [2.45, 2.75) is 6.92 Å². The maximum Gasteiger partial charge on any atom is 0.174 e. The number of ether oxygens (including phenoxy) is 1. The van der Waals surface area contributed by atoms with Crippen LogP contribution in [0.5, 0.6) is 0 Å². The van der Waals surface area contributed by atoms with Gasteiger partial charge < -0.3 is 4.74 Å². The van der Waals surface area contributed by atoms with Crippen molar-refractivity contribution in [1.29, 1.82) is 0 Å². The van der Waals surface area contributed by atoms with Crippen LogP contribution in [0.2, 0.25) is 0 Å². The predicted octanol–water partition coefficient (Wildman–Crippen LogP) is 0.949. The van der Waals surface area contributed by atoms with Crippen molar-refractivity contribution in [2.24, 2.45) is 4.99 Å². The highest BCUT2D eigenvalue weighted by Gasteiger charge is 1.96. The van der Waals surface area contributed by atoms with Gasteiger partial charge in [-0.25, -0.2) is 4.99 Å². The fourth-order valence-electron chi connectivity index (χ4n) is 0.423. The minimum absolute atomic E-state index is 0.649. The molecule has 0 saturated heterocycles. The van der Waals surface area contributed by atoms with Crippen molar-refractivity contribution in [3.63, 3.8) is 0 Å². The molecule has 1 rings (SSSR count). The average molecular weight is 97.1 g/mol. The summed E-state index contributed by atoms with van der Waals surface area (Å²) in [6.07, 6.45) is 3.40. The van der Waals surface area contributed by atoms with E-state index < -0.39 is 0 Å². The molecule has 0 aromatic rings. The van der Waals surface area contributed by atoms with Crippen LogP contribution in [0, 0.1) is 0 Å². The minimum Gasteiger partial charge on any atom is -0.477 e. The van der Waals surface area contributed by atoms with E-state index in [-0.39, 0.29) is 0 Å². The normalized spacial score (nSPS) is 23.3. The van der Waals surface area contributed by atoms with E-state index in [1.807, 2.05) is 13.0 Å². The van der Waals surface area contributed by atoms with E-state index in [2.05, 4.69) is 4.99 Å². The van der Waals surface area contributed by atoms with Crippen LogP contribution >= 0.6 is 0 Å². The van der Waals surface area contributed by atoms with Crippen LogP contribution < -0.4 is 0 Å². The van der Waals surface area contributed by atoms with Crippen molar-refractivity contribution >= 4 is 6.40 Å². The first-order chi connectivity index (χ1) is 3.43. The van der Waals surface area contributed by atoms with E-state index >= 15 is 0 Å². The van der Waals surface area contributed by atoms with E-state index in [1.165, 1.54) is 6.40 Å². The summed E-state index contributed by atoms with van der Waals surface area (Å²) >= 11 is 0. The third-order valence-corrected chi connectivity index (χ3v) is 0.858. The Labute approximate surface area is 42.5 Å². The lowest BCUT2D eigenvalue weighted by Gasteiger charge is -1.83. The summed E-state index contributed by atoms with van der Waals surface area (Å²) in [5.74, 6) is 0. The molecule has 1 aliphatic rings. The zero-order chi connectivity index (χ0) is 5.11. The zero-order valence-electron chi connectivity index (χ0n) is 4.22. The van der Waals surface area contributed by atoms with E-state index in [0.717, 1.165) is 5.70 Å². The van der Waals surface area contributed by atoms with Crippen molar-refractivity contribution in [1.82, 2.24) is 0 Å². The van der Waals surface area contributed by atoms with Gasteiger partial charge in [-0.15, -0.1) is 0 Å². The molecule has 0 bridgehead atoms. The molecule has 0 spiro atoms. The van der Waals surface area contributed by atoms with Gasteiger partial charge >= 0.3 is 0 Å². The Balaban J connectivity index is 2.59. The molecular formula is C5H7NO. The molecule has 0 atom stereocenters. The smallest absolute Gasteiger partial charge is 0.174 e. The monoisotopic (exact) mass is 97.1 g/mol. The molecule has 0 aromatic heterocycles. The first-order valence-corrected chi connectivity index (χ1v) is 2.23. The quantitative estimate of drug-likeness (QED) is 0.441. The number of allylic oxidation sites excluding steroid dienone is 1. The minimum atomic E-state index is 0.649. The second kappa shape index (κ2) is 1.78. The summed E-state index contributed by atoms with van der Waals surface area (Å²) in [5, 5.41) is 0. The molecule has 0 aliphatic carbocycles. The summed E-state index contributed by atoms with van der Waals surface area (Å²) in [6, 6.07) is 0. The second-order valence-electron chi connectivity index (χ2n) is 1.33. The van der Waals surface area contributed by atoms with Crippen molar-refractivity contribution in [3.8, 4) is 0 Å². The van der Waals surface area contributed by atoms with Gasteiger partial charge in [-0.1, -0.05) is 6.08 Å². The first kappa shape index (κ1) is 4.37. The van der Waals surface area contributed by atoms with Gasteiger partial charge in [0.2, 0.25) is 0 Å². The van der Waals surface area contributed by atoms with Gasteiger partial charge in [0.1, 0.15) is 6.61 Å². The van der Waals surface area contributed by atoms with Gasteiger partial charge in [0.05, 0.1) is 5.70 Å². The number of nitrogens with zero attached hydrogens (tertiary/aromatic N) is 1. The predicted molar refractivity (Wildman–Crippen MR) is 28.2 cm³/mol. The molecule has 38 valence electrons. The Morgan fingerprint density at radius 3 is 3.14 bits per heavy atom. The molecule has 1 heterocycles. The van der Waals surface area contributed by atoms with E-state index in [4.69, 9.17) is 4.74 Å². The number of aliphatic imine (C=N–C) groups is 1. The highest BCUT2D eigenvalue weighted by Crippen LogP contribution is 2.00. The molecule has 0 unspecified atom stereocenters. The molecule has 0 fully saturated rings. The third-order valence-electron chi connectivity index (χ3n) is 0.858. The number of rotatable bonds is 0. The van der Waals surface area contributed by atoms with Crippen molar-refractivity contribution < 1.29 is 4.74 Å². The Morgan fingerprint density at radius 2 is 2.86 bits per heavy atom. The van der Waals surface area contributed by atoms with Gasteiger partial charge in [0, 0.05) is 0 Å². The molecule has 2 nitrogen and oxygen atoms in total. The molecule has 0 N–H and O–H groups in total. The van der Waals surface area contributed by atoms with Gasteiger partial charge in [0.25, 0.3) is 0 Å². The Hall–Kier alpha value is -0.790. The van der Waals surface area contributed by atoms with Gasteiger partial charge in [-0.2, -0.15) is 0 Å². The third kappa shape index (κ3) is 0.796. The Kier molecular flexibility index (Phi) is 1.11. The van der Waals surface area contributed by atoms with Crippen LogP contribution in [0.25, 0.3) is 0 Å². The van der Waals surface area contributed by atoms with Crippen molar-refractivity contribution in [2.75, 3.05) is 6.61 Å². The lowest BCUT2D eigenvalue weighted by Crippen LogP contribution is -1.80. The summed E-state index contributed by atoms with van der Waals surface area (Å²) < 4.78 is 4.79. The maximum absolute atomic E-state index is 4.79. The van der Waals surface area contributed by atoms with Gasteiger partial charge in [0.15, 0.2) is 6.40 Å². The van der Waals surface area contributed by atoms with Crippen molar-refractivity contribution in [3.05, 3.63) is 11.8 Å². The highest BCUT2D eigenvalue weighted by atomic mass is 16.5. The fraction of sp³-hybridized carbons (Fsp3) is 0.400. The topological polar surface area (TPSA) is 21.6 Å². The molecule has 1 aliphatic heterocycles. The van der Waals surface area contributed by atoms with Crippen LogP contribution in [0.4, 0.5) is 0 Å². The molecule has 0 radical (unpaired) electrons. The first-order valence-electron chi connectivity index (χ1n) is 2.23. The molecule has 2 heteroatoms. The largest absolute Gasteiger partial charge is 0.477 e. The number of hydrogen-bond acceptors (Lipinski definition) is 2. The lowest BCUT2D eigenvalue weighted by molar-refractivity contribution is 0.378. The Morgan fingerprint density at radius 1 is 2.00 bits per heavy atom. The SMILES string of the molecule is CC=C1COC=N1. The van der Waals surface area contributed by atoms with Crippen LogP contribution in [0.15, 0.2) is 16.8 Å². The Bertz CT molecular complexity index is 112.